The van der Waals surface area contributed by atoms with E-state index in [0.717, 1.165) is 22.3 Å². The number of hydrogen-bond acceptors (Lipinski definition) is 3. The zero-order valence-electron chi connectivity index (χ0n) is 17.5. The molecule has 0 spiro atoms. The molecule has 1 amide bonds. The standard InChI is InChI=1S/C24H25ClN2O3S/c1-18-7-9-20(10-8-18)15-26-24(28)17-27(16-21-6-4-3-5-19(21)2)31(29,30)23-13-11-22(25)12-14-23/h3-14H,15-17H2,1-2H3,(H,26,28). The highest BCUT2D eigenvalue weighted by atomic mass is 35.5. The zero-order chi connectivity index (χ0) is 22.4. The Labute approximate surface area is 188 Å². The molecule has 0 atom stereocenters. The van der Waals surface area contributed by atoms with Crippen molar-refractivity contribution in [2.45, 2.75) is 31.8 Å². The van der Waals surface area contributed by atoms with Gasteiger partial charge in [0.1, 0.15) is 0 Å². The monoisotopic (exact) mass is 456 g/mol. The number of aryl methyl sites for hydroxylation is 2. The number of amides is 1. The van der Waals surface area contributed by atoms with E-state index in [1.807, 2.05) is 62.4 Å². The SMILES string of the molecule is Cc1ccc(CNC(=O)CN(Cc2ccccc2C)S(=O)(=O)c2ccc(Cl)cc2)cc1. The van der Waals surface area contributed by atoms with Crippen LogP contribution in [-0.4, -0.2) is 25.2 Å². The van der Waals surface area contributed by atoms with E-state index in [9.17, 15) is 13.2 Å². The quantitative estimate of drug-likeness (QED) is 0.544. The van der Waals surface area contributed by atoms with Crippen molar-refractivity contribution in [2.24, 2.45) is 0 Å². The normalized spacial score (nSPS) is 11.5. The van der Waals surface area contributed by atoms with Gasteiger partial charge in [0, 0.05) is 18.1 Å². The van der Waals surface area contributed by atoms with E-state index in [4.69, 9.17) is 11.6 Å². The lowest BCUT2D eigenvalue weighted by molar-refractivity contribution is -0.121. The highest BCUT2D eigenvalue weighted by molar-refractivity contribution is 7.89. The fraction of sp³-hybridized carbons (Fsp3) is 0.208. The average molecular weight is 457 g/mol. The van der Waals surface area contributed by atoms with Crippen molar-refractivity contribution in [3.05, 3.63) is 100 Å². The molecule has 0 aliphatic carbocycles. The first-order chi connectivity index (χ1) is 14.8. The van der Waals surface area contributed by atoms with E-state index in [1.165, 1.54) is 28.6 Å². The van der Waals surface area contributed by atoms with Crippen molar-refractivity contribution in [2.75, 3.05) is 6.54 Å². The molecule has 5 nitrogen and oxygen atoms in total. The molecule has 0 saturated heterocycles. The Hall–Kier alpha value is -2.67. The van der Waals surface area contributed by atoms with Gasteiger partial charge in [0.15, 0.2) is 0 Å². The number of benzene rings is 3. The van der Waals surface area contributed by atoms with Gasteiger partial charge in [-0.2, -0.15) is 4.31 Å². The number of sulfonamides is 1. The molecule has 0 bridgehead atoms. The molecule has 162 valence electrons. The highest BCUT2D eigenvalue weighted by Gasteiger charge is 2.27. The van der Waals surface area contributed by atoms with Crippen LogP contribution in [-0.2, 0) is 27.9 Å². The van der Waals surface area contributed by atoms with E-state index < -0.39 is 10.0 Å². The van der Waals surface area contributed by atoms with E-state index >= 15 is 0 Å². The molecule has 7 heteroatoms. The van der Waals surface area contributed by atoms with Crippen molar-refractivity contribution in [3.63, 3.8) is 0 Å². The highest BCUT2D eigenvalue weighted by Crippen LogP contribution is 2.21. The molecule has 0 saturated carbocycles. The largest absolute Gasteiger partial charge is 0.351 e. The van der Waals surface area contributed by atoms with Gasteiger partial charge in [0.25, 0.3) is 0 Å². The summed E-state index contributed by atoms with van der Waals surface area (Å²) in [5.74, 6) is -0.369. The predicted molar refractivity (Wildman–Crippen MR) is 123 cm³/mol. The minimum absolute atomic E-state index is 0.0928. The lowest BCUT2D eigenvalue weighted by Crippen LogP contribution is -2.40. The Kier molecular flexibility index (Phi) is 7.49. The van der Waals surface area contributed by atoms with Crippen LogP contribution in [0.15, 0.2) is 77.7 Å². The summed E-state index contributed by atoms with van der Waals surface area (Å²) in [4.78, 5) is 12.8. The van der Waals surface area contributed by atoms with E-state index in [1.54, 1.807) is 0 Å². The second-order valence-corrected chi connectivity index (χ2v) is 9.79. The van der Waals surface area contributed by atoms with Crippen molar-refractivity contribution < 1.29 is 13.2 Å². The summed E-state index contributed by atoms with van der Waals surface area (Å²) in [6, 6.07) is 21.3. The number of hydrogen-bond donors (Lipinski definition) is 1. The summed E-state index contributed by atoms with van der Waals surface area (Å²) in [5.41, 5.74) is 3.88. The molecule has 0 radical (unpaired) electrons. The first-order valence-electron chi connectivity index (χ1n) is 9.88. The summed E-state index contributed by atoms with van der Waals surface area (Å²) in [7, 11) is -3.90. The molecule has 3 aromatic rings. The molecule has 1 N–H and O–H groups in total. The number of nitrogens with zero attached hydrogens (tertiary/aromatic N) is 1. The lowest BCUT2D eigenvalue weighted by atomic mass is 10.1. The van der Waals surface area contributed by atoms with Crippen LogP contribution < -0.4 is 5.32 Å². The minimum Gasteiger partial charge on any atom is -0.351 e. The van der Waals surface area contributed by atoms with Crippen LogP contribution in [0, 0.1) is 13.8 Å². The van der Waals surface area contributed by atoms with Gasteiger partial charge in [-0.25, -0.2) is 8.42 Å². The van der Waals surface area contributed by atoms with Crippen molar-refractivity contribution >= 4 is 27.5 Å². The van der Waals surface area contributed by atoms with Crippen molar-refractivity contribution in [3.8, 4) is 0 Å². The van der Waals surface area contributed by atoms with Crippen LogP contribution in [0.3, 0.4) is 0 Å². The topological polar surface area (TPSA) is 66.5 Å². The summed E-state index contributed by atoms with van der Waals surface area (Å²) in [6.45, 7) is 4.05. The third-order valence-electron chi connectivity index (χ3n) is 4.99. The average Bonchev–Trinajstić information content (AvgIpc) is 2.74. The van der Waals surface area contributed by atoms with Crippen LogP contribution in [0.1, 0.15) is 22.3 Å². The minimum atomic E-state index is -3.90. The Morgan fingerprint density at radius 1 is 0.935 bits per heavy atom. The second kappa shape index (κ2) is 10.1. The van der Waals surface area contributed by atoms with Gasteiger partial charge in [0.2, 0.25) is 15.9 Å². The third-order valence-corrected chi connectivity index (χ3v) is 7.05. The molecule has 0 unspecified atom stereocenters. The fourth-order valence-corrected chi connectivity index (χ4v) is 4.58. The van der Waals surface area contributed by atoms with Crippen LogP contribution in [0.2, 0.25) is 5.02 Å². The van der Waals surface area contributed by atoms with Gasteiger partial charge in [-0.05, 0) is 54.8 Å². The number of nitrogens with one attached hydrogen (secondary N) is 1. The Morgan fingerprint density at radius 3 is 2.23 bits per heavy atom. The maximum atomic E-state index is 13.3. The molecule has 31 heavy (non-hydrogen) atoms. The van der Waals surface area contributed by atoms with Gasteiger partial charge in [-0.3, -0.25) is 4.79 Å². The number of carbonyl (C=O) groups excluding carboxylic acids is 1. The number of carbonyl (C=O) groups is 1. The molecule has 0 aliphatic heterocycles. The smallest absolute Gasteiger partial charge is 0.243 e. The van der Waals surface area contributed by atoms with Gasteiger partial charge in [-0.1, -0.05) is 65.7 Å². The molecule has 3 rings (SSSR count). The zero-order valence-corrected chi connectivity index (χ0v) is 19.1. The summed E-state index contributed by atoms with van der Waals surface area (Å²) in [6.07, 6.45) is 0. The Balaban J connectivity index is 1.81. The molecule has 3 aromatic carbocycles. The molecule has 0 aromatic heterocycles. The number of rotatable bonds is 8. The molecule has 0 heterocycles. The van der Waals surface area contributed by atoms with Crippen molar-refractivity contribution in [1.82, 2.24) is 9.62 Å². The van der Waals surface area contributed by atoms with Crippen LogP contribution in [0.25, 0.3) is 0 Å². The van der Waals surface area contributed by atoms with Crippen LogP contribution in [0.4, 0.5) is 0 Å². The fourth-order valence-electron chi connectivity index (χ4n) is 3.08. The maximum absolute atomic E-state index is 13.3. The molecular weight excluding hydrogens is 432 g/mol. The summed E-state index contributed by atoms with van der Waals surface area (Å²) < 4.78 is 27.8. The van der Waals surface area contributed by atoms with Crippen molar-refractivity contribution in [1.29, 1.82) is 0 Å². The first kappa shape index (κ1) is 23.0. The second-order valence-electron chi connectivity index (χ2n) is 7.42. The van der Waals surface area contributed by atoms with E-state index in [2.05, 4.69) is 5.32 Å². The van der Waals surface area contributed by atoms with Gasteiger partial charge in [0.05, 0.1) is 11.4 Å². The third kappa shape index (κ3) is 6.17. The summed E-state index contributed by atoms with van der Waals surface area (Å²) >= 11 is 5.91. The first-order valence-corrected chi connectivity index (χ1v) is 11.7. The van der Waals surface area contributed by atoms with Gasteiger partial charge < -0.3 is 5.32 Å². The maximum Gasteiger partial charge on any atom is 0.243 e. The van der Waals surface area contributed by atoms with E-state index in [-0.39, 0.29) is 23.9 Å². The lowest BCUT2D eigenvalue weighted by Gasteiger charge is -2.23. The number of halogens is 1. The Morgan fingerprint density at radius 2 is 1.58 bits per heavy atom. The predicted octanol–water partition coefficient (Wildman–Crippen LogP) is 4.46. The molecule has 0 fully saturated rings. The van der Waals surface area contributed by atoms with E-state index in [0.29, 0.717) is 11.6 Å². The van der Waals surface area contributed by atoms with Gasteiger partial charge >= 0.3 is 0 Å². The molecule has 0 aliphatic rings. The van der Waals surface area contributed by atoms with Crippen LogP contribution >= 0.6 is 11.6 Å². The summed E-state index contributed by atoms with van der Waals surface area (Å²) in [5, 5.41) is 3.26. The van der Waals surface area contributed by atoms with Gasteiger partial charge in [-0.15, -0.1) is 0 Å². The molecular formula is C24H25ClN2O3S. The van der Waals surface area contributed by atoms with Crippen LogP contribution in [0.5, 0.6) is 0 Å². The Bertz CT molecular complexity index is 1140.